The van der Waals surface area contributed by atoms with Crippen LogP contribution < -0.4 is 10.6 Å². The van der Waals surface area contributed by atoms with E-state index in [4.69, 9.17) is 4.52 Å². The van der Waals surface area contributed by atoms with E-state index in [1.54, 1.807) is 11.3 Å². The van der Waals surface area contributed by atoms with E-state index in [9.17, 15) is 4.79 Å². The molecule has 24 heavy (non-hydrogen) atoms. The second-order valence-electron chi connectivity index (χ2n) is 5.56. The van der Waals surface area contributed by atoms with Crippen LogP contribution in [-0.2, 0) is 17.9 Å². The number of amides is 1. The fourth-order valence-corrected chi connectivity index (χ4v) is 3.65. The minimum atomic E-state index is -0.00942. The van der Waals surface area contributed by atoms with Gasteiger partial charge in [0.05, 0.1) is 4.88 Å². The highest BCUT2D eigenvalue weighted by atomic mass is 32.1. The van der Waals surface area contributed by atoms with E-state index in [-0.39, 0.29) is 5.91 Å². The smallest absolute Gasteiger partial charge is 0.268 e. The number of thiophene rings is 1. The van der Waals surface area contributed by atoms with Crippen LogP contribution in [0.2, 0.25) is 0 Å². The summed E-state index contributed by atoms with van der Waals surface area (Å²) in [7, 11) is 0. The van der Waals surface area contributed by atoms with Crippen LogP contribution in [0.5, 0.6) is 0 Å². The maximum atomic E-state index is 11.4. The van der Waals surface area contributed by atoms with Gasteiger partial charge in [-0.2, -0.15) is 4.98 Å². The topological polar surface area (TPSA) is 80.0 Å². The summed E-state index contributed by atoms with van der Waals surface area (Å²) in [6.45, 7) is 3.63. The molecule has 2 N–H and O–H groups in total. The molecule has 0 saturated carbocycles. The van der Waals surface area contributed by atoms with Crippen LogP contribution >= 0.6 is 11.3 Å². The normalized spacial score (nSPS) is 13.0. The molecule has 7 heteroatoms. The van der Waals surface area contributed by atoms with Gasteiger partial charge in [0.15, 0.2) is 0 Å². The van der Waals surface area contributed by atoms with Gasteiger partial charge in [0.1, 0.15) is 0 Å². The van der Waals surface area contributed by atoms with Crippen molar-refractivity contribution in [2.45, 2.75) is 26.4 Å². The predicted molar refractivity (Wildman–Crippen MR) is 92.5 cm³/mol. The maximum absolute atomic E-state index is 11.4. The molecule has 6 nitrogen and oxygen atoms in total. The maximum Gasteiger partial charge on any atom is 0.268 e. The van der Waals surface area contributed by atoms with Gasteiger partial charge >= 0.3 is 0 Å². The Bertz CT molecular complexity index is 861. The SMILES string of the molecule is CCC(=O)Nc1ccc(-c2noc(-c3cc4c(s3)CNC4)n2)cc1. The number of carbonyl (C=O) groups is 1. The monoisotopic (exact) mass is 340 g/mol. The number of hydrogen-bond acceptors (Lipinski definition) is 6. The summed E-state index contributed by atoms with van der Waals surface area (Å²) in [6, 6.07) is 9.53. The van der Waals surface area contributed by atoms with Crippen LogP contribution in [0.3, 0.4) is 0 Å². The van der Waals surface area contributed by atoms with E-state index in [1.165, 1.54) is 10.4 Å². The average Bonchev–Trinajstić information content (AvgIpc) is 3.30. The molecule has 0 unspecified atom stereocenters. The minimum Gasteiger partial charge on any atom is -0.333 e. The molecule has 2 aromatic heterocycles. The molecule has 122 valence electrons. The second-order valence-corrected chi connectivity index (χ2v) is 6.70. The lowest BCUT2D eigenvalue weighted by molar-refractivity contribution is -0.115. The Balaban J connectivity index is 1.54. The minimum absolute atomic E-state index is 0.00942. The zero-order valence-electron chi connectivity index (χ0n) is 13.1. The van der Waals surface area contributed by atoms with Gasteiger partial charge in [-0.3, -0.25) is 4.79 Å². The van der Waals surface area contributed by atoms with E-state index in [2.05, 4.69) is 26.8 Å². The van der Waals surface area contributed by atoms with Crippen molar-refractivity contribution in [1.29, 1.82) is 0 Å². The molecule has 0 bridgehead atoms. The van der Waals surface area contributed by atoms with Crippen LogP contribution in [0.4, 0.5) is 5.69 Å². The molecule has 3 aromatic rings. The third-order valence-electron chi connectivity index (χ3n) is 3.88. The Morgan fingerprint density at radius 3 is 2.92 bits per heavy atom. The van der Waals surface area contributed by atoms with Gasteiger partial charge in [-0.05, 0) is 35.9 Å². The van der Waals surface area contributed by atoms with Crippen LogP contribution in [0.15, 0.2) is 34.9 Å². The first kappa shape index (κ1) is 15.0. The number of carbonyl (C=O) groups excluding carboxylic acids is 1. The van der Waals surface area contributed by atoms with Gasteiger partial charge in [0, 0.05) is 35.6 Å². The number of anilines is 1. The molecule has 3 heterocycles. The Hall–Kier alpha value is -2.51. The summed E-state index contributed by atoms with van der Waals surface area (Å²) in [5.74, 6) is 1.09. The zero-order chi connectivity index (χ0) is 16.5. The van der Waals surface area contributed by atoms with E-state index in [1.807, 2.05) is 31.2 Å². The molecular formula is C17H16N4O2S. The van der Waals surface area contributed by atoms with Gasteiger partial charge < -0.3 is 15.2 Å². The Morgan fingerprint density at radius 1 is 1.33 bits per heavy atom. The Kier molecular flexibility index (Phi) is 3.87. The molecule has 0 fully saturated rings. The molecule has 1 aliphatic heterocycles. The quantitative estimate of drug-likeness (QED) is 0.761. The van der Waals surface area contributed by atoms with Crippen molar-refractivity contribution in [3.05, 3.63) is 40.8 Å². The molecule has 0 saturated heterocycles. The summed E-state index contributed by atoms with van der Waals surface area (Å²) in [4.78, 5) is 18.2. The van der Waals surface area contributed by atoms with Crippen LogP contribution in [-0.4, -0.2) is 16.0 Å². The summed E-state index contributed by atoms with van der Waals surface area (Å²) >= 11 is 1.69. The van der Waals surface area contributed by atoms with Crippen molar-refractivity contribution in [2.75, 3.05) is 5.32 Å². The van der Waals surface area contributed by atoms with Crippen molar-refractivity contribution < 1.29 is 9.32 Å². The number of hydrogen-bond donors (Lipinski definition) is 2. The Morgan fingerprint density at radius 2 is 2.17 bits per heavy atom. The zero-order valence-corrected chi connectivity index (χ0v) is 13.9. The van der Waals surface area contributed by atoms with Gasteiger partial charge in [0.2, 0.25) is 11.7 Å². The van der Waals surface area contributed by atoms with Gasteiger partial charge in [-0.15, -0.1) is 11.3 Å². The molecule has 0 spiro atoms. The Labute approximate surface area is 142 Å². The van der Waals surface area contributed by atoms with Gasteiger partial charge in [-0.25, -0.2) is 0 Å². The van der Waals surface area contributed by atoms with Crippen LogP contribution in [0, 0.1) is 0 Å². The average molecular weight is 340 g/mol. The third kappa shape index (κ3) is 2.83. The first-order valence-corrected chi connectivity index (χ1v) is 8.61. The van der Waals surface area contributed by atoms with E-state index < -0.39 is 0 Å². The molecule has 1 amide bonds. The lowest BCUT2D eigenvalue weighted by atomic mass is 10.2. The third-order valence-corrected chi connectivity index (χ3v) is 5.05. The highest BCUT2D eigenvalue weighted by Crippen LogP contribution is 2.33. The van der Waals surface area contributed by atoms with Crippen molar-refractivity contribution >= 4 is 22.9 Å². The molecule has 0 atom stereocenters. The molecule has 4 rings (SSSR count). The van der Waals surface area contributed by atoms with E-state index >= 15 is 0 Å². The largest absolute Gasteiger partial charge is 0.333 e. The lowest BCUT2D eigenvalue weighted by Gasteiger charge is -2.03. The number of nitrogens with one attached hydrogen (secondary N) is 2. The summed E-state index contributed by atoms with van der Waals surface area (Å²) in [5.41, 5.74) is 2.92. The number of aromatic nitrogens is 2. The molecule has 0 aliphatic carbocycles. The van der Waals surface area contributed by atoms with Gasteiger partial charge in [0.25, 0.3) is 5.89 Å². The summed E-state index contributed by atoms with van der Waals surface area (Å²) in [6.07, 6.45) is 0.455. The predicted octanol–water partition coefficient (Wildman–Crippen LogP) is 3.42. The first-order valence-electron chi connectivity index (χ1n) is 7.79. The van der Waals surface area contributed by atoms with Crippen molar-refractivity contribution in [3.8, 4) is 22.2 Å². The fourth-order valence-electron chi connectivity index (χ4n) is 2.57. The summed E-state index contributed by atoms with van der Waals surface area (Å²) in [5, 5.41) is 10.2. The number of fused-ring (bicyclic) bond motifs is 1. The van der Waals surface area contributed by atoms with E-state index in [0.29, 0.717) is 18.1 Å². The fraction of sp³-hybridized carbons (Fsp3) is 0.235. The number of rotatable bonds is 4. The van der Waals surface area contributed by atoms with Crippen LogP contribution in [0.25, 0.3) is 22.2 Å². The molecular weight excluding hydrogens is 324 g/mol. The van der Waals surface area contributed by atoms with Crippen molar-refractivity contribution in [3.63, 3.8) is 0 Å². The number of benzene rings is 1. The molecule has 1 aromatic carbocycles. The summed E-state index contributed by atoms with van der Waals surface area (Å²) < 4.78 is 5.41. The number of nitrogens with zero attached hydrogens (tertiary/aromatic N) is 2. The second kappa shape index (κ2) is 6.18. The molecule has 1 aliphatic rings. The van der Waals surface area contributed by atoms with Crippen molar-refractivity contribution in [2.24, 2.45) is 0 Å². The van der Waals surface area contributed by atoms with E-state index in [0.717, 1.165) is 29.2 Å². The highest BCUT2D eigenvalue weighted by Gasteiger charge is 2.19. The first-order chi connectivity index (χ1) is 11.7. The van der Waals surface area contributed by atoms with Crippen molar-refractivity contribution in [1.82, 2.24) is 15.5 Å². The van der Waals surface area contributed by atoms with Gasteiger partial charge in [-0.1, -0.05) is 12.1 Å². The highest BCUT2D eigenvalue weighted by molar-refractivity contribution is 7.15. The standard InChI is InChI=1S/C17H16N4O2S/c1-2-15(22)19-12-5-3-10(4-6-12)16-20-17(23-21-16)13-7-11-8-18-9-14(11)24-13/h3-7,18H,2,8-9H2,1H3,(H,19,22). The molecule has 0 radical (unpaired) electrons. The van der Waals surface area contributed by atoms with Crippen LogP contribution in [0.1, 0.15) is 23.8 Å². The lowest BCUT2D eigenvalue weighted by Crippen LogP contribution is -2.09.